The molecule has 1 saturated heterocycles. The summed E-state index contributed by atoms with van der Waals surface area (Å²) in [5.41, 5.74) is 1.68. The molecule has 0 aliphatic carbocycles. The van der Waals surface area contributed by atoms with Crippen LogP contribution in [0.2, 0.25) is 0 Å². The molecule has 0 bridgehead atoms. The van der Waals surface area contributed by atoms with E-state index in [0.29, 0.717) is 18.0 Å². The first-order chi connectivity index (χ1) is 12.0. The third-order valence-electron chi connectivity index (χ3n) is 4.63. The second kappa shape index (κ2) is 7.44. The zero-order valence-electron chi connectivity index (χ0n) is 15.1. The van der Waals surface area contributed by atoms with Crippen molar-refractivity contribution in [2.24, 2.45) is 5.92 Å². The molecule has 0 aromatic heterocycles. The largest absolute Gasteiger partial charge is 0.478 e. The smallest absolute Gasteiger partial charge is 0.268 e. The predicted molar refractivity (Wildman–Crippen MR) is 94.8 cm³/mol. The van der Waals surface area contributed by atoms with E-state index in [1.54, 1.807) is 4.90 Å². The lowest BCUT2D eigenvalue weighted by Gasteiger charge is -2.35. The highest BCUT2D eigenvalue weighted by molar-refractivity contribution is 6.04. The van der Waals surface area contributed by atoms with E-state index in [-0.39, 0.29) is 30.4 Å². The molecule has 1 N–H and O–H groups in total. The molecule has 0 saturated carbocycles. The van der Waals surface area contributed by atoms with Crippen molar-refractivity contribution in [3.8, 4) is 5.75 Å². The van der Waals surface area contributed by atoms with E-state index in [2.05, 4.69) is 5.32 Å². The maximum atomic E-state index is 12.8. The number of amides is 2. The minimum absolute atomic E-state index is 0.00537. The Morgan fingerprint density at radius 3 is 2.88 bits per heavy atom. The topological polar surface area (TPSA) is 67.9 Å². The van der Waals surface area contributed by atoms with Crippen molar-refractivity contribution >= 4 is 17.5 Å². The number of rotatable bonds is 5. The fourth-order valence-electron chi connectivity index (χ4n) is 3.21. The Bertz CT molecular complexity index is 653. The van der Waals surface area contributed by atoms with Gasteiger partial charge < -0.3 is 14.8 Å². The first-order valence-electron chi connectivity index (χ1n) is 8.92. The molecule has 3 rings (SSSR count). The number of nitrogens with zero attached hydrogens (tertiary/aromatic N) is 1. The quantitative estimate of drug-likeness (QED) is 0.886. The maximum Gasteiger partial charge on any atom is 0.268 e. The average Bonchev–Trinajstić information content (AvgIpc) is 3.09. The summed E-state index contributed by atoms with van der Waals surface area (Å²) in [6, 6.07) is 5.70. The van der Waals surface area contributed by atoms with Crippen LogP contribution in [0.5, 0.6) is 5.75 Å². The number of aryl methyl sites for hydroxylation is 1. The van der Waals surface area contributed by atoms with E-state index < -0.39 is 6.10 Å². The highest BCUT2D eigenvalue weighted by Crippen LogP contribution is 2.36. The van der Waals surface area contributed by atoms with Gasteiger partial charge in [-0.2, -0.15) is 0 Å². The van der Waals surface area contributed by atoms with Crippen LogP contribution in [0.3, 0.4) is 0 Å². The van der Waals surface area contributed by atoms with Gasteiger partial charge in [-0.05, 0) is 43.4 Å². The lowest BCUT2D eigenvalue weighted by atomic mass is 10.0. The van der Waals surface area contributed by atoms with Crippen molar-refractivity contribution in [1.82, 2.24) is 5.32 Å². The summed E-state index contributed by atoms with van der Waals surface area (Å²) < 4.78 is 11.4. The third-order valence-corrected chi connectivity index (χ3v) is 4.63. The monoisotopic (exact) mass is 346 g/mol. The number of carbonyl (C=O) groups is 2. The van der Waals surface area contributed by atoms with E-state index in [0.717, 1.165) is 25.0 Å². The molecule has 2 amide bonds. The van der Waals surface area contributed by atoms with Gasteiger partial charge in [0, 0.05) is 13.2 Å². The summed E-state index contributed by atoms with van der Waals surface area (Å²) in [5, 5.41) is 2.88. The van der Waals surface area contributed by atoms with E-state index in [1.165, 1.54) is 0 Å². The molecule has 0 unspecified atom stereocenters. The fraction of sp³-hybridized carbons (Fsp3) is 0.579. The van der Waals surface area contributed by atoms with Gasteiger partial charge >= 0.3 is 0 Å². The van der Waals surface area contributed by atoms with Crippen molar-refractivity contribution < 1.29 is 19.1 Å². The number of carbonyl (C=O) groups excluding carboxylic acids is 2. The van der Waals surface area contributed by atoms with Crippen LogP contribution in [0.15, 0.2) is 18.2 Å². The third kappa shape index (κ3) is 3.95. The second-order valence-electron chi connectivity index (χ2n) is 7.12. The number of nitrogens with one attached hydrogen (secondary N) is 1. The van der Waals surface area contributed by atoms with Gasteiger partial charge in [0.05, 0.1) is 11.8 Å². The molecule has 6 heteroatoms. The SMILES string of the molecule is Cc1ccc2c(c1)N(CC(=O)NC[C@@H]1CCCO1)C(=O)[C@H](C(C)C)O2. The van der Waals surface area contributed by atoms with Crippen molar-refractivity contribution in [1.29, 1.82) is 0 Å². The van der Waals surface area contributed by atoms with Crippen LogP contribution in [0.1, 0.15) is 32.3 Å². The molecule has 0 spiro atoms. The van der Waals surface area contributed by atoms with E-state index in [1.807, 2.05) is 39.0 Å². The lowest BCUT2D eigenvalue weighted by Crippen LogP contribution is -2.52. The van der Waals surface area contributed by atoms with Gasteiger partial charge in [0.25, 0.3) is 5.91 Å². The van der Waals surface area contributed by atoms with Crippen molar-refractivity contribution in [3.05, 3.63) is 23.8 Å². The van der Waals surface area contributed by atoms with Crippen LogP contribution >= 0.6 is 0 Å². The van der Waals surface area contributed by atoms with E-state index in [9.17, 15) is 9.59 Å². The van der Waals surface area contributed by atoms with Crippen molar-refractivity contribution in [2.45, 2.75) is 45.8 Å². The summed E-state index contributed by atoms with van der Waals surface area (Å²) in [7, 11) is 0. The first kappa shape index (κ1) is 17.7. The Morgan fingerprint density at radius 1 is 1.40 bits per heavy atom. The van der Waals surface area contributed by atoms with Gasteiger partial charge in [0.2, 0.25) is 5.91 Å². The summed E-state index contributed by atoms with van der Waals surface area (Å²) >= 11 is 0. The summed E-state index contributed by atoms with van der Waals surface area (Å²) in [6.45, 7) is 7.08. The van der Waals surface area contributed by atoms with Gasteiger partial charge in [-0.15, -0.1) is 0 Å². The molecule has 2 aliphatic rings. The fourth-order valence-corrected chi connectivity index (χ4v) is 3.21. The molecule has 2 heterocycles. The summed E-state index contributed by atoms with van der Waals surface area (Å²) in [5.74, 6) is 0.330. The molecule has 136 valence electrons. The van der Waals surface area contributed by atoms with Crippen molar-refractivity contribution in [3.63, 3.8) is 0 Å². The van der Waals surface area contributed by atoms with Crippen LogP contribution in [0, 0.1) is 12.8 Å². The van der Waals surface area contributed by atoms with Gasteiger partial charge in [-0.1, -0.05) is 19.9 Å². The zero-order valence-corrected chi connectivity index (χ0v) is 15.1. The van der Waals surface area contributed by atoms with Gasteiger partial charge in [0.15, 0.2) is 6.10 Å². The Balaban J connectivity index is 1.74. The maximum absolute atomic E-state index is 12.8. The lowest BCUT2D eigenvalue weighted by molar-refractivity contribution is -0.130. The molecule has 2 aliphatic heterocycles. The molecule has 25 heavy (non-hydrogen) atoms. The number of hydrogen-bond donors (Lipinski definition) is 1. The molecular formula is C19H26N2O4. The molecular weight excluding hydrogens is 320 g/mol. The molecule has 2 atom stereocenters. The van der Waals surface area contributed by atoms with Crippen LogP contribution in [0.25, 0.3) is 0 Å². The number of benzene rings is 1. The predicted octanol–water partition coefficient (Wildman–Crippen LogP) is 2.04. The molecule has 1 fully saturated rings. The van der Waals surface area contributed by atoms with Crippen LogP contribution in [0.4, 0.5) is 5.69 Å². The normalized spacial score (nSPS) is 22.7. The zero-order chi connectivity index (χ0) is 18.0. The van der Waals surface area contributed by atoms with E-state index >= 15 is 0 Å². The molecule has 1 aromatic carbocycles. The molecule has 0 radical (unpaired) electrons. The highest BCUT2D eigenvalue weighted by Gasteiger charge is 2.37. The number of fused-ring (bicyclic) bond motifs is 1. The summed E-state index contributed by atoms with van der Waals surface area (Å²) in [6.07, 6.45) is 1.52. The van der Waals surface area contributed by atoms with Crippen LogP contribution in [-0.2, 0) is 14.3 Å². The Labute approximate surface area is 148 Å². The number of hydrogen-bond acceptors (Lipinski definition) is 4. The minimum atomic E-state index is -0.568. The average molecular weight is 346 g/mol. The van der Waals surface area contributed by atoms with Crippen LogP contribution in [-0.4, -0.2) is 43.7 Å². The Hall–Kier alpha value is -2.08. The molecule has 6 nitrogen and oxygen atoms in total. The second-order valence-corrected chi connectivity index (χ2v) is 7.12. The van der Waals surface area contributed by atoms with Crippen LogP contribution < -0.4 is 15.0 Å². The Kier molecular flexibility index (Phi) is 5.27. The minimum Gasteiger partial charge on any atom is -0.478 e. The van der Waals surface area contributed by atoms with Gasteiger partial charge in [-0.25, -0.2) is 0 Å². The first-order valence-corrected chi connectivity index (χ1v) is 8.92. The highest BCUT2D eigenvalue weighted by atomic mass is 16.5. The number of ether oxygens (including phenoxy) is 2. The van der Waals surface area contributed by atoms with Gasteiger partial charge in [-0.3, -0.25) is 14.5 Å². The Morgan fingerprint density at radius 2 is 2.20 bits per heavy atom. The number of anilines is 1. The standard InChI is InChI=1S/C19H26N2O4/c1-12(2)18-19(23)21(15-9-13(3)6-7-16(15)25-18)11-17(22)20-10-14-5-4-8-24-14/h6-7,9,12,14,18H,4-5,8,10-11H2,1-3H3,(H,20,22)/t14-,18-/m0/s1. The van der Waals surface area contributed by atoms with Gasteiger partial charge in [0.1, 0.15) is 12.3 Å². The van der Waals surface area contributed by atoms with Crippen molar-refractivity contribution in [2.75, 3.05) is 24.6 Å². The molecule has 1 aromatic rings. The summed E-state index contributed by atoms with van der Waals surface area (Å²) in [4.78, 5) is 26.8. The van der Waals surface area contributed by atoms with E-state index in [4.69, 9.17) is 9.47 Å².